The van der Waals surface area contributed by atoms with Gasteiger partial charge < -0.3 is 29.7 Å². The Balaban J connectivity index is 1.67. The number of likely N-dealkylation sites (tertiary alicyclic amines) is 1. The third-order valence-electron chi connectivity index (χ3n) is 8.75. The third-order valence-corrected chi connectivity index (χ3v) is 9.60. The van der Waals surface area contributed by atoms with Crippen LogP contribution < -0.4 is 5.32 Å². The number of carbonyl (C=O) groups excluding carboxylic acids is 4. The molecule has 3 fully saturated rings. The number of carbonyl (C=O) groups is 4. The summed E-state index contributed by atoms with van der Waals surface area (Å²) in [6, 6.07) is 7.55. The number of alkyl halides is 1. The van der Waals surface area contributed by atoms with Gasteiger partial charge in [-0.15, -0.1) is 13.2 Å². The van der Waals surface area contributed by atoms with E-state index < -0.39 is 53.0 Å². The Bertz CT molecular complexity index is 1250. The Labute approximate surface area is 267 Å². The first-order valence-electron chi connectivity index (χ1n) is 15.2. The van der Waals surface area contributed by atoms with Gasteiger partial charge in [0.25, 0.3) is 0 Å². The van der Waals surface area contributed by atoms with Crippen molar-refractivity contribution in [1.82, 2.24) is 15.1 Å². The van der Waals surface area contributed by atoms with Crippen LogP contribution in [0.2, 0.25) is 0 Å². The Hall–Kier alpha value is -3.02. The summed E-state index contributed by atoms with van der Waals surface area (Å²) in [7, 11) is 0. The lowest BCUT2D eigenvalue weighted by Crippen LogP contribution is -2.60. The minimum Gasteiger partial charge on any atom is -0.463 e. The first kappa shape index (κ1) is 33.9. The minimum absolute atomic E-state index is 0.0860. The van der Waals surface area contributed by atoms with Crippen LogP contribution in [-0.4, -0.2) is 93.0 Å². The molecule has 1 spiro atoms. The van der Waals surface area contributed by atoms with Gasteiger partial charge in [0.1, 0.15) is 18.2 Å². The molecule has 2 N–H and O–H groups in total. The fraction of sp³-hybridized carbons (Fsp3) is 0.576. The van der Waals surface area contributed by atoms with E-state index in [0.717, 1.165) is 5.56 Å². The van der Waals surface area contributed by atoms with Gasteiger partial charge >= 0.3 is 5.97 Å². The van der Waals surface area contributed by atoms with E-state index in [-0.39, 0.29) is 55.8 Å². The van der Waals surface area contributed by atoms with E-state index in [4.69, 9.17) is 9.47 Å². The molecule has 1 aromatic carbocycles. The number of nitrogens with zero attached hydrogens (tertiary/aromatic N) is 2. The van der Waals surface area contributed by atoms with Gasteiger partial charge in [-0.3, -0.25) is 19.2 Å². The van der Waals surface area contributed by atoms with Crippen molar-refractivity contribution < 1.29 is 33.8 Å². The lowest BCUT2D eigenvalue weighted by molar-refractivity contribution is -0.151. The highest BCUT2D eigenvalue weighted by molar-refractivity contribution is 9.09. The van der Waals surface area contributed by atoms with Crippen LogP contribution in [0.5, 0.6) is 0 Å². The third kappa shape index (κ3) is 6.50. The van der Waals surface area contributed by atoms with Crippen molar-refractivity contribution in [1.29, 1.82) is 0 Å². The van der Waals surface area contributed by atoms with Crippen molar-refractivity contribution in [3.8, 4) is 0 Å². The molecule has 0 aromatic heterocycles. The van der Waals surface area contributed by atoms with Crippen molar-refractivity contribution >= 4 is 39.6 Å². The molecular formula is C33H44BrN3O7. The molecule has 0 aliphatic carbocycles. The first-order valence-corrected chi connectivity index (χ1v) is 16.1. The number of nitrogens with one attached hydrogen (secondary N) is 1. The van der Waals surface area contributed by atoms with E-state index in [1.165, 1.54) is 4.90 Å². The van der Waals surface area contributed by atoms with Crippen LogP contribution in [0.3, 0.4) is 0 Å². The van der Waals surface area contributed by atoms with E-state index in [9.17, 15) is 24.3 Å². The smallest absolute Gasteiger partial charge is 0.306 e. The summed E-state index contributed by atoms with van der Waals surface area (Å²) < 4.78 is 12.1. The molecule has 3 amide bonds. The second-order valence-corrected chi connectivity index (χ2v) is 13.8. The first-order chi connectivity index (χ1) is 20.9. The number of amides is 3. The monoisotopic (exact) mass is 673 g/mol. The number of hydrogen-bond acceptors (Lipinski definition) is 7. The fourth-order valence-corrected chi connectivity index (χ4v) is 7.75. The molecule has 0 saturated carbocycles. The molecular weight excluding hydrogens is 630 g/mol. The normalized spacial score (nSPS) is 27.9. The predicted molar refractivity (Wildman–Crippen MR) is 168 cm³/mol. The van der Waals surface area contributed by atoms with Gasteiger partial charge in [0.05, 0.1) is 24.0 Å². The average molecular weight is 675 g/mol. The van der Waals surface area contributed by atoms with Crippen LogP contribution in [0, 0.1) is 11.8 Å². The number of allylic oxidation sites excluding steroid dienone is 1. The molecule has 3 aliphatic rings. The number of benzene rings is 1. The van der Waals surface area contributed by atoms with Crippen molar-refractivity contribution in [2.75, 3.05) is 26.3 Å². The highest BCUT2D eigenvalue weighted by atomic mass is 79.9. The highest BCUT2D eigenvalue weighted by Gasteiger charge is 2.76. The molecule has 4 rings (SSSR count). The van der Waals surface area contributed by atoms with Gasteiger partial charge in [-0.05, 0) is 45.6 Å². The number of aliphatic hydroxyl groups excluding tert-OH is 1. The van der Waals surface area contributed by atoms with Crippen LogP contribution in [-0.2, 0) is 28.7 Å². The molecule has 2 bridgehead atoms. The summed E-state index contributed by atoms with van der Waals surface area (Å²) in [6.45, 7) is 13.4. The molecule has 3 saturated heterocycles. The standard InChI is InChI=1S/C33H44BrN3O7/c1-6-8-15-24(39)43-20-23(21-13-10-9-11-14-21)35-29(40)25-26-30(41)36(17-12-18-38)28(33(26)19-22(34)27(25)44-33)31(42)37(16-7-2)32(3,4)5/h6-7,9-11,13-14,22-23,25-28,38H,1-2,8,12,15-20H2,3-5H3,(H,35,40)/t22?,23-,25-,26+,27-,28-,33+/m1/s1. The number of fused-ring (bicyclic) bond motifs is 1. The number of hydrogen-bond donors (Lipinski definition) is 2. The molecule has 240 valence electrons. The van der Waals surface area contributed by atoms with E-state index in [2.05, 4.69) is 34.4 Å². The van der Waals surface area contributed by atoms with E-state index in [1.54, 1.807) is 17.1 Å². The molecule has 44 heavy (non-hydrogen) atoms. The quantitative estimate of drug-likeness (QED) is 0.176. The Morgan fingerprint density at radius 3 is 2.57 bits per heavy atom. The Kier molecular flexibility index (Phi) is 10.7. The fourth-order valence-electron chi connectivity index (χ4n) is 6.80. The molecule has 3 heterocycles. The van der Waals surface area contributed by atoms with Crippen molar-refractivity contribution in [3.63, 3.8) is 0 Å². The maximum absolute atomic E-state index is 14.4. The second-order valence-electron chi connectivity index (χ2n) is 12.7. The zero-order chi connectivity index (χ0) is 32.2. The number of halogens is 1. The lowest BCUT2D eigenvalue weighted by atomic mass is 9.70. The largest absolute Gasteiger partial charge is 0.463 e. The summed E-state index contributed by atoms with van der Waals surface area (Å²) in [5, 5.41) is 12.7. The van der Waals surface area contributed by atoms with Gasteiger partial charge in [0, 0.05) is 36.5 Å². The van der Waals surface area contributed by atoms with Gasteiger partial charge in [-0.2, -0.15) is 0 Å². The molecule has 3 aliphatic heterocycles. The zero-order valence-corrected chi connectivity index (χ0v) is 27.3. The maximum atomic E-state index is 14.4. The summed E-state index contributed by atoms with van der Waals surface area (Å²) >= 11 is 3.70. The van der Waals surface area contributed by atoms with Gasteiger partial charge in [0.2, 0.25) is 17.7 Å². The molecule has 10 nitrogen and oxygen atoms in total. The van der Waals surface area contributed by atoms with Crippen LogP contribution in [0.15, 0.2) is 55.6 Å². The highest BCUT2D eigenvalue weighted by Crippen LogP contribution is 2.60. The average Bonchev–Trinajstić information content (AvgIpc) is 3.58. The molecule has 1 unspecified atom stereocenters. The van der Waals surface area contributed by atoms with Gasteiger partial charge in [-0.25, -0.2) is 0 Å². The van der Waals surface area contributed by atoms with Crippen molar-refractivity contribution in [2.45, 2.75) is 80.6 Å². The molecule has 7 atom stereocenters. The van der Waals surface area contributed by atoms with Crippen molar-refractivity contribution in [2.24, 2.45) is 11.8 Å². The number of aliphatic hydroxyl groups is 1. The zero-order valence-electron chi connectivity index (χ0n) is 25.7. The van der Waals surface area contributed by atoms with E-state index in [1.807, 2.05) is 51.1 Å². The van der Waals surface area contributed by atoms with E-state index >= 15 is 0 Å². The topological polar surface area (TPSA) is 125 Å². The van der Waals surface area contributed by atoms with Crippen LogP contribution in [0.25, 0.3) is 0 Å². The number of ether oxygens (including phenoxy) is 2. The SMILES string of the molecule is C=CCCC(=O)OC[C@@H](NC(=O)[C@H]1[C@@H]2O[C@@]3(CC2Br)[C@@H]1C(=O)N(CCCO)[C@@H]3C(=O)N(CC=C)C(C)(C)C)c1ccccc1. The Morgan fingerprint density at radius 2 is 1.95 bits per heavy atom. The summed E-state index contributed by atoms with van der Waals surface area (Å²) in [5.41, 5.74) is -1.06. The number of esters is 1. The molecule has 0 radical (unpaired) electrons. The molecule has 1 aromatic rings. The maximum Gasteiger partial charge on any atom is 0.306 e. The Morgan fingerprint density at radius 1 is 1.25 bits per heavy atom. The van der Waals surface area contributed by atoms with E-state index in [0.29, 0.717) is 12.8 Å². The second kappa shape index (κ2) is 14.0. The lowest BCUT2D eigenvalue weighted by Gasteiger charge is -2.42. The van der Waals surface area contributed by atoms with Crippen molar-refractivity contribution in [3.05, 3.63) is 61.2 Å². The predicted octanol–water partition coefficient (Wildman–Crippen LogP) is 3.30. The summed E-state index contributed by atoms with van der Waals surface area (Å²) in [6.07, 6.45) is 3.95. The molecule has 11 heteroatoms. The minimum atomic E-state index is -1.23. The number of rotatable bonds is 14. The van der Waals surface area contributed by atoms with Gasteiger partial charge in [-0.1, -0.05) is 58.4 Å². The van der Waals surface area contributed by atoms with Crippen LogP contribution in [0.1, 0.15) is 58.1 Å². The van der Waals surface area contributed by atoms with Crippen LogP contribution in [0.4, 0.5) is 0 Å². The van der Waals surface area contributed by atoms with Crippen LogP contribution >= 0.6 is 15.9 Å². The summed E-state index contributed by atoms with van der Waals surface area (Å²) in [4.78, 5) is 58.0. The van der Waals surface area contributed by atoms with Gasteiger partial charge in [0.15, 0.2) is 0 Å². The summed E-state index contributed by atoms with van der Waals surface area (Å²) in [5.74, 6) is -3.21.